The molecule has 0 aliphatic rings. The average molecular weight is 202 g/mol. The molecule has 0 radical (unpaired) electrons. The van der Waals surface area contributed by atoms with Gasteiger partial charge in [-0.05, 0) is 11.5 Å². The molecule has 1 atom stereocenters. The molecule has 0 saturated carbocycles. The molecule has 0 aliphatic carbocycles. The zero-order valence-corrected chi connectivity index (χ0v) is 8.43. The van der Waals surface area contributed by atoms with Gasteiger partial charge in [0, 0.05) is 24.0 Å². The highest BCUT2D eigenvalue weighted by molar-refractivity contribution is 5.84. The van der Waals surface area contributed by atoms with Crippen molar-refractivity contribution in [3.8, 4) is 0 Å². The van der Waals surface area contributed by atoms with E-state index in [-0.39, 0.29) is 12.5 Å². The van der Waals surface area contributed by atoms with Crippen LogP contribution in [0.3, 0.4) is 0 Å². The van der Waals surface area contributed by atoms with Crippen LogP contribution < -0.4 is 5.73 Å². The fourth-order valence-electron chi connectivity index (χ4n) is 1.74. The minimum Gasteiger partial charge on any atom is -0.396 e. The molecule has 1 aromatic heterocycles. The Morgan fingerprint density at radius 3 is 2.80 bits per heavy atom. The second kappa shape index (κ2) is 4.38. The van der Waals surface area contributed by atoms with E-state index in [0.717, 1.165) is 16.5 Å². The molecule has 78 valence electrons. The van der Waals surface area contributed by atoms with Gasteiger partial charge in [-0.2, -0.15) is 0 Å². The Morgan fingerprint density at radius 2 is 2.07 bits per heavy atom. The molecular weight excluding hydrogens is 188 g/mol. The van der Waals surface area contributed by atoms with E-state index in [1.165, 1.54) is 0 Å². The molecule has 0 aliphatic heterocycles. The highest BCUT2D eigenvalue weighted by Gasteiger charge is 2.12. The number of nitrogens with zero attached hydrogens (tertiary/aromatic N) is 1. The first-order chi connectivity index (χ1) is 7.36. The van der Waals surface area contributed by atoms with Gasteiger partial charge < -0.3 is 10.8 Å². The zero-order chi connectivity index (χ0) is 10.7. The first-order valence-electron chi connectivity index (χ1n) is 5.01. The first-order valence-corrected chi connectivity index (χ1v) is 5.01. The third-order valence-electron chi connectivity index (χ3n) is 2.60. The van der Waals surface area contributed by atoms with Crippen LogP contribution >= 0.6 is 0 Å². The van der Waals surface area contributed by atoms with E-state index < -0.39 is 0 Å². The molecule has 3 nitrogen and oxygen atoms in total. The van der Waals surface area contributed by atoms with Crippen LogP contribution in [-0.2, 0) is 0 Å². The normalized spacial score (nSPS) is 12.9. The monoisotopic (exact) mass is 202 g/mol. The minimum atomic E-state index is -0.0731. The number of aromatic nitrogens is 1. The Balaban J connectivity index is 2.59. The van der Waals surface area contributed by atoms with Gasteiger partial charge in [-0.1, -0.05) is 24.3 Å². The van der Waals surface area contributed by atoms with E-state index in [1.54, 1.807) is 6.20 Å². The number of aliphatic hydroxyl groups is 1. The molecule has 0 bridgehead atoms. The van der Waals surface area contributed by atoms with Gasteiger partial charge in [0.05, 0.1) is 12.3 Å². The number of hydrogen-bond acceptors (Lipinski definition) is 3. The van der Waals surface area contributed by atoms with Crippen molar-refractivity contribution in [2.75, 3.05) is 13.2 Å². The summed E-state index contributed by atoms with van der Waals surface area (Å²) in [4.78, 5) is 4.31. The predicted octanol–water partition coefficient (Wildman–Crippen LogP) is 1.27. The van der Waals surface area contributed by atoms with Crippen LogP contribution in [0.4, 0.5) is 0 Å². The quantitative estimate of drug-likeness (QED) is 0.788. The summed E-state index contributed by atoms with van der Waals surface area (Å²) in [5.74, 6) is -0.0731. The van der Waals surface area contributed by atoms with Gasteiger partial charge in [0.15, 0.2) is 0 Å². The van der Waals surface area contributed by atoms with Crippen molar-refractivity contribution in [1.29, 1.82) is 0 Å². The number of pyridine rings is 1. The van der Waals surface area contributed by atoms with E-state index in [2.05, 4.69) is 4.98 Å². The van der Waals surface area contributed by atoms with Crippen molar-refractivity contribution in [3.63, 3.8) is 0 Å². The molecule has 2 rings (SSSR count). The summed E-state index contributed by atoms with van der Waals surface area (Å²) in [6, 6.07) is 9.96. The van der Waals surface area contributed by atoms with Crippen LogP contribution in [-0.4, -0.2) is 23.2 Å². The van der Waals surface area contributed by atoms with Crippen molar-refractivity contribution in [2.45, 2.75) is 5.92 Å². The van der Waals surface area contributed by atoms with Crippen molar-refractivity contribution in [1.82, 2.24) is 4.98 Å². The Bertz CT molecular complexity index is 447. The van der Waals surface area contributed by atoms with E-state index in [4.69, 9.17) is 5.73 Å². The lowest BCUT2D eigenvalue weighted by atomic mass is 10.00. The number of fused-ring (bicyclic) bond motifs is 1. The lowest BCUT2D eigenvalue weighted by molar-refractivity contribution is 0.266. The van der Waals surface area contributed by atoms with Gasteiger partial charge in [-0.15, -0.1) is 0 Å². The fraction of sp³-hybridized carbons (Fsp3) is 0.250. The number of hydrogen-bond donors (Lipinski definition) is 2. The molecule has 0 spiro atoms. The van der Waals surface area contributed by atoms with Crippen LogP contribution in [0.25, 0.3) is 10.8 Å². The smallest absolute Gasteiger partial charge is 0.0548 e. The van der Waals surface area contributed by atoms with Crippen molar-refractivity contribution in [2.24, 2.45) is 5.73 Å². The lowest BCUT2D eigenvalue weighted by Crippen LogP contribution is -2.17. The molecule has 1 unspecified atom stereocenters. The molecule has 0 amide bonds. The van der Waals surface area contributed by atoms with E-state index in [0.29, 0.717) is 6.54 Å². The molecule has 0 saturated heterocycles. The third-order valence-corrected chi connectivity index (χ3v) is 2.60. The Labute approximate surface area is 88.6 Å². The molecule has 0 fully saturated rings. The summed E-state index contributed by atoms with van der Waals surface area (Å²) < 4.78 is 0. The van der Waals surface area contributed by atoms with Gasteiger partial charge in [0.1, 0.15) is 0 Å². The topological polar surface area (TPSA) is 59.1 Å². The molecule has 1 aromatic carbocycles. The second-order valence-electron chi connectivity index (χ2n) is 3.53. The summed E-state index contributed by atoms with van der Waals surface area (Å²) in [5, 5.41) is 11.4. The highest BCUT2D eigenvalue weighted by atomic mass is 16.3. The fourth-order valence-corrected chi connectivity index (χ4v) is 1.74. The van der Waals surface area contributed by atoms with Crippen LogP contribution in [0, 0.1) is 0 Å². The maximum Gasteiger partial charge on any atom is 0.0548 e. The summed E-state index contributed by atoms with van der Waals surface area (Å²) in [7, 11) is 0. The van der Waals surface area contributed by atoms with Crippen molar-refractivity contribution < 1.29 is 5.11 Å². The maximum atomic E-state index is 9.22. The first kappa shape index (κ1) is 10.1. The molecule has 3 N–H and O–H groups in total. The van der Waals surface area contributed by atoms with Gasteiger partial charge in [-0.3, -0.25) is 4.98 Å². The maximum absolute atomic E-state index is 9.22. The Morgan fingerprint density at radius 1 is 1.27 bits per heavy atom. The van der Waals surface area contributed by atoms with Crippen LogP contribution in [0.2, 0.25) is 0 Å². The number of aliphatic hydroxyl groups excluding tert-OH is 1. The largest absolute Gasteiger partial charge is 0.396 e. The Hall–Kier alpha value is -1.45. The highest BCUT2D eigenvalue weighted by Crippen LogP contribution is 2.22. The van der Waals surface area contributed by atoms with Gasteiger partial charge in [0.2, 0.25) is 0 Å². The van der Waals surface area contributed by atoms with Gasteiger partial charge in [0.25, 0.3) is 0 Å². The van der Waals surface area contributed by atoms with Gasteiger partial charge >= 0.3 is 0 Å². The molecule has 15 heavy (non-hydrogen) atoms. The van der Waals surface area contributed by atoms with Gasteiger partial charge in [-0.25, -0.2) is 0 Å². The summed E-state index contributed by atoms with van der Waals surface area (Å²) in [6.45, 7) is 0.453. The van der Waals surface area contributed by atoms with Crippen molar-refractivity contribution >= 4 is 10.8 Å². The van der Waals surface area contributed by atoms with E-state index in [9.17, 15) is 5.11 Å². The summed E-state index contributed by atoms with van der Waals surface area (Å²) in [6.07, 6.45) is 1.76. The Kier molecular flexibility index (Phi) is 2.94. The second-order valence-corrected chi connectivity index (χ2v) is 3.53. The molecular formula is C12H14N2O. The lowest BCUT2D eigenvalue weighted by Gasteiger charge is -2.13. The molecule has 3 heteroatoms. The third kappa shape index (κ3) is 1.84. The number of rotatable bonds is 3. The molecule has 1 heterocycles. The SMILES string of the molecule is NCC(CO)c1nccc2ccccc12. The summed E-state index contributed by atoms with van der Waals surface area (Å²) in [5.41, 5.74) is 6.49. The van der Waals surface area contributed by atoms with Crippen LogP contribution in [0.15, 0.2) is 36.5 Å². The standard InChI is InChI=1S/C12H14N2O/c13-7-10(8-15)12-11-4-2-1-3-9(11)5-6-14-12/h1-6,10,15H,7-8,13H2. The predicted molar refractivity (Wildman–Crippen MR) is 60.6 cm³/mol. The average Bonchev–Trinajstić information content (AvgIpc) is 2.31. The molecule has 2 aromatic rings. The zero-order valence-electron chi connectivity index (χ0n) is 8.43. The van der Waals surface area contributed by atoms with Crippen molar-refractivity contribution in [3.05, 3.63) is 42.2 Å². The number of nitrogens with two attached hydrogens (primary N) is 1. The van der Waals surface area contributed by atoms with Crippen LogP contribution in [0.5, 0.6) is 0 Å². The van der Waals surface area contributed by atoms with E-state index in [1.807, 2.05) is 30.3 Å². The summed E-state index contributed by atoms with van der Waals surface area (Å²) >= 11 is 0. The number of benzene rings is 1. The van der Waals surface area contributed by atoms with Crippen LogP contribution in [0.1, 0.15) is 11.6 Å². The van der Waals surface area contributed by atoms with E-state index >= 15 is 0 Å². The minimum absolute atomic E-state index is 0.0392.